The summed E-state index contributed by atoms with van der Waals surface area (Å²) in [6, 6.07) is 20.4. The van der Waals surface area contributed by atoms with Gasteiger partial charge in [0.15, 0.2) is 0 Å². The van der Waals surface area contributed by atoms with E-state index in [0.29, 0.717) is 0 Å². The van der Waals surface area contributed by atoms with Crippen molar-refractivity contribution in [3.63, 3.8) is 0 Å². The Hall–Kier alpha value is -2.98. The average Bonchev–Trinajstić information content (AvgIpc) is 3.13. The number of para-hydroxylation sites is 1. The predicted octanol–water partition coefficient (Wildman–Crippen LogP) is 5.84. The highest BCUT2D eigenvalue weighted by Crippen LogP contribution is 2.32. The van der Waals surface area contributed by atoms with Gasteiger partial charge in [0, 0.05) is 11.1 Å². The molecule has 28 heavy (non-hydrogen) atoms. The lowest BCUT2D eigenvalue weighted by molar-refractivity contribution is 0.627. The molecule has 1 aromatic heterocycles. The van der Waals surface area contributed by atoms with Crippen molar-refractivity contribution < 1.29 is 4.39 Å². The van der Waals surface area contributed by atoms with Crippen molar-refractivity contribution in [2.75, 3.05) is 5.88 Å². The molecule has 0 saturated heterocycles. The first-order chi connectivity index (χ1) is 13.6. The standard InChI is InChI=1S/C23H19ClFN3/c1-15-7-8-16(2)19(13-15)20(14-24)23(17-9-11-18(25)12-10-17)28-22-6-4-3-5-21(22)26-27-28/h3-13H,14H2,1-2H3/b23-20-. The molecular formula is C23H19ClFN3. The third kappa shape index (κ3) is 3.32. The number of hydrogen-bond donors (Lipinski definition) is 0. The van der Waals surface area contributed by atoms with E-state index in [0.717, 1.165) is 44.6 Å². The van der Waals surface area contributed by atoms with Gasteiger partial charge >= 0.3 is 0 Å². The normalized spacial score (nSPS) is 12.3. The van der Waals surface area contributed by atoms with Gasteiger partial charge in [-0.25, -0.2) is 9.07 Å². The Morgan fingerprint density at radius 3 is 2.50 bits per heavy atom. The Labute approximate surface area is 168 Å². The third-order valence-corrected chi connectivity index (χ3v) is 5.09. The second kappa shape index (κ2) is 7.56. The number of hydrogen-bond acceptors (Lipinski definition) is 2. The minimum absolute atomic E-state index is 0.283. The zero-order chi connectivity index (χ0) is 19.7. The lowest BCUT2D eigenvalue weighted by atomic mass is 9.95. The largest absolute Gasteiger partial charge is 0.212 e. The van der Waals surface area contributed by atoms with Crippen molar-refractivity contribution in [2.24, 2.45) is 0 Å². The maximum atomic E-state index is 13.6. The van der Waals surface area contributed by atoms with Crippen LogP contribution in [0.1, 0.15) is 22.3 Å². The highest BCUT2D eigenvalue weighted by molar-refractivity contribution is 6.25. The molecule has 0 atom stereocenters. The molecule has 0 aliphatic carbocycles. The summed E-state index contributed by atoms with van der Waals surface area (Å²) in [5, 5.41) is 8.69. The Kier molecular flexibility index (Phi) is 4.97. The molecule has 0 radical (unpaired) electrons. The van der Waals surface area contributed by atoms with Gasteiger partial charge in [-0.15, -0.1) is 16.7 Å². The minimum Gasteiger partial charge on any atom is -0.212 e. The van der Waals surface area contributed by atoms with Crippen molar-refractivity contribution in [1.82, 2.24) is 15.0 Å². The van der Waals surface area contributed by atoms with E-state index in [4.69, 9.17) is 11.6 Å². The maximum absolute atomic E-state index is 13.6. The predicted molar refractivity (Wildman–Crippen MR) is 113 cm³/mol. The fourth-order valence-electron chi connectivity index (χ4n) is 3.39. The molecule has 0 unspecified atom stereocenters. The van der Waals surface area contributed by atoms with Crippen LogP contribution in [0.4, 0.5) is 4.39 Å². The molecule has 0 N–H and O–H groups in total. The quantitative estimate of drug-likeness (QED) is 0.323. The molecule has 1 heterocycles. The van der Waals surface area contributed by atoms with Crippen LogP contribution in [0.15, 0.2) is 66.7 Å². The van der Waals surface area contributed by atoms with Crippen molar-refractivity contribution in [2.45, 2.75) is 13.8 Å². The van der Waals surface area contributed by atoms with Crippen molar-refractivity contribution in [1.29, 1.82) is 0 Å². The third-order valence-electron chi connectivity index (χ3n) is 4.82. The number of aryl methyl sites for hydroxylation is 2. The fraction of sp³-hybridized carbons (Fsp3) is 0.130. The van der Waals surface area contributed by atoms with E-state index < -0.39 is 0 Å². The summed E-state index contributed by atoms with van der Waals surface area (Å²) >= 11 is 6.48. The van der Waals surface area contributed by atoms with Crippen LogP contribution in [-0.2, 0) is 0 Å². The van der Waals surface area contributed by atoms with Crippen LogP contribution in [0.2, 0.25) is 0 Å². The van der Waals surface area contributed by atoms with Gasteiger partial charge in [-0.05, 0) is 61.4 Å². The molecule has 5 heteroatoms. The van der Waals surface area contributed by atoms with Crippen molar-refractivity contribution in [3.8, 4) is 0 Å². The fourth-order valence-corrected chi connectivity index (χ4v) is 3.66. The summed E-state index contributed by atoms with van der Waals surface area (Å²) in [4.78, 5) is 0. The Morgan fingerprint density at radius 2 is 1.75 bits per heavy atom. The summed E-state index contributed by atoms with van der Waals surface area (Å²) in [5.74, 6) is -0.00345. The molecule has 0 bridgehead atoms. The Morgan fingerprint density at radius 1 is 1.00 bits per heavy atom. The number of halogens is 2. The van der Waals surface area contributed by atoms with E-state index in [9.17, 15) is 4.39 Å². The Balaban J connectivity index is 2.08. The lowest BCUT2D eigenvalue weighted by Crippen LogP contribution is -2.07. The van der Waals surface area contributed by atoms with Crippen LogP contribution in [0.25, 0.3) is 22.3 Å². The van der Waals surface area contributed by atoms with E-state index >= 15 is 0 Å². The zero-order valence-electron chi connectivity index (χ0n) is 15.7. The number of nitrogens with zero attached hydrogens (tertiary/aromatic N) is 3. The van der Waals surface area contributed by atoms with Crippen LogP contribution in [0, 0.1) is 19.7 Å². The summed E-state index contributed by atoms with van der Waals surface area (Å²) in [5.41, 5.74) is 7.52. The summed E-state index contributed by atoms with van der Waals surface area (Å²) in [6.45, 7) is 4.11. The SMILES string of the molecule is Cc1ccc(C)c(/C(CCl)=C(/c2ccc(F)cc2)n2nnc3ccccc32)c1. The summed E-state index contributed by atoms with van der Waals surface area (Å²) in [6.07, 6.45) is 0. The monoisotopic (exact) mass is 391 g/mol. The van der Waals surface area contributed by atoms with E-state index in [1.54, 1.807) is 16.8 Å². The topological polar surface area (TPSA) is 30.7 Å². The Bertz CT molecular complexity index is 1180. The molecular weight excluding hydrogens is 373 g/mol. The number of rotatable bonds is 4. The van der Waals surface area contributed by atoms with Crippen molar-refractivity contribution >= 4 is 33.9 Å². The number of alkyl halides is 1. The number of allylic oxidation sites excluding steroid dienone is 1. The first-order valence-corrected chi connectivity index (χ1v) is 9.55. The second-order valence-corrected chi connectivity index (χ2v) is 7.04. The molecule has 4 aromatic rings. The van der Waals surface area contributed by atoms with E-state index in [1.807, 2.05) is 24.3 Å². The number of fused-ring (bicyclic) bond motifs is 1. The highest BCUT2D eigenvalue weighted by atomic mass is 35.5. The minimum atomic E-state index is -0.286. The van der Waals surface area contributed by atoms with Gasteiger partial charge in [0.2, 0.25) is 0 Å². The van der Waals surface area contributed by atoms with Gasteiger partial charge in [0.25, 0.3) is 0 Å². The van der Waals surface area contributed by atoms with Gasteiger partial charge in [-0.2, -0.15) is 0 Å². The zero-order valence-corrected chi connectivity index (χ0v) is 16.4. The first-order valence-electron chi connectivity index (χ1n) is 9.02. The summed E-state index contributed by atoms with van der Waals surface area (Å²) < 4.78 is 15.4. The first kappa shape index (κ1) is 18.4. The number of aromatic nitrogens is 3. The molecule has 4 rings (SSSR count). The smallest absolute Gasteiger partial charge is 0.123 e. The molecule has 140 valence electrons. The van der Waals surface area contributed by atoms with Gasteiger partial charge in [-0.1, -0.05) is 41.1 Å². The molecule has 0 aliphatic heterocycles. The average molecular weight is 392 g/mol. The number of benzene rings is 3. The van der Waals surface area contributed by atoms with Crippen LogP contribution < -0.4 is 0 Å². The second-order valence-electron chi connectivity index (χ2n) is 6.78. The molecule has 3 aromatic carbocycles. The molecule has 0 saturated carbocycles. The maximum Gasteiger partial charge on any atom is 0.123 e. The van der Waals surface area contributed by atoms with Crippen LogP contribution >= 0.6 is 11.6 Å². The summed E-state index contributed by atoms with van der Waals surface area (Å²) in [7, 11) is 0. The van der Waals surface area contributed by atoms with Gasteiger partial charge in [-0.3, -0.25) is 0 Å². The van der Waals surface area contributed by atoms with E-state index in [2.05, 4.69) is 42.4 Å². The van der Waals surface area contributed by atoms with E-state index in [1.165, 1.54) is 12.1 Å². The van der Waals surface area contributed by atoms with Crippen LogP contribution in [-0.4, -0.2) is 20.9 Å². The molecule has 0 spiro atoms. The van der Waals surface area contributed by atoms with E-state index in [-0.39, 0.29) is 11.7 Å². The van der Waals surface area contributed by atoms with Crippen LogP contribution in [0.3, 0.4) is 0 Å². The van der Waals surface area contributed by atoms with Crippen LogP contribution in [0.5, 0.6) is 0 Å². The van der Waals surface area contributed by atoms with Crippen molar-refractivity contribution in [3.05, 3.63) is 94.8 Å². The van der Waals surface area contributed by atoms with Gasteiger partial charge in [0.1, 0.15) is 11.3 Å². The molecule has 0 aliphatic rings. The molecule has 0 amide bonds. The lowest BCUT2D eigenvalue weighted by Gasteiger charge is -2.17. The van der Waals surface area contributed by atoms with Gasteiger partial charge in [0.05, 0.1) is 17.1 Å². The highest BCUT2D eigenvalue weighted by Gasteiger charge is 2.18. The molecule has 0 fully saturated rings. The molecule has 3 nitrogen and oxygen atoms in total. The van der Waals surface area contributed by atoms with Gasteiger partial charge < -0.3 is 0 Å².